The molecule has 0 atom stereocenters. The SMILES string of the molecule is CCOC(=O)c1ccc(-c2ccc(/C=C(\C#N)C(=O)Nc3ccc(CC)cc3)o2)cc1. The molecular weight excluding hydrogens is 392 g/mol. The Morgan fingerprint density at radius 3 is 2.35 bits per heavy atom. The number of esters is 1. The summed E-state index contributed by atoms with van der Waals surface area (Å²) in [5.74, 6) is 0.0293. The minimum Gasteiger partial charge on any atom is -0.462 e. The fourth-order valence-corrected chi connectivity index (χ4v) is 2.88. The number of nitrogens with zero attached hydrogens (tertiary/aromatic N) is 1. The zero-order valence-electron chi connectivity index (χ0n) is 17.3. The van der Waals surface area contributed by atoms with Crippen LogP contribution in [0.25, 0.3) is 17.4 Å². The Morgan fingerprint density at radius 2 is 1.74 bits per heavy atom. The fourth-order valence-electron chi connectivity index (χ4n) is 2.88. The Morgan fingerprint density at radius 1 is 1.03 bits per heavy atom. The van der Waals surface area contributed by atoms with Gasteiger partial charge in [-0.2, -0.15) is 5.26 Å². The maximum absolute atomic E-state index is 12.4. The van der Waals surface area contributed by atoms with Crippen LogP contribution < -0.4 is 5.32 Å². The standard InChI is InChI=1S/C25H22N2O4/c1-3-17-5-11-21(12-6-17)27-24(28)20(16-26)15-22-13-14-23(31-22)18-7-9-19(10-8-18)25(29)30-4-2/h5-15H,3-4H2,1-2H3,(H,27,28)/b20-15+. The van der Waals surface area contributed by atoms with Crippen LogP contribution in [0.4, 0.5) is 5.69 Å². The van der Waals surface area contributed by atoms with E-state index in [1.54, 1.807) is 55.5 Å². The normalized spacial score (nSPS) is 10.9. The maximum Gasteiger partial charge on any atom is 0.338 e. The third kappa shape index (κ3) is 5.49. The van der Waals surface area contributed by atoms with Crippen molar-refractivity contribution in [1.29, 1.82) is 5.26 Å². The number of carbonyl (C=O) groups excluding carboxylic acids is 2. The van der Waals surface area contributed by atoms with Gasteiger partial charge in [-0.15, -0.1) is 0 Å². The number of furan rings is 1. The molecule has 31 heavy (non-hydrogen) atoms. The molecule has 1 aromatic heterocycles. The van der Waals surface area contributed by atoms with Crippen LogP contribution in [0.3, 0.4) is 0 Å². The lowest BCUT2D eigenvalue weighted by Crippen LogP contribution is -2.13. The molecule has 0 aliphatic rings. The number of ether oxygens (including phenoxy) is 1. The summed E-state index contributed by atoms with van der Waals surface area (Å²) in [6, 6.07) is 19.6. The van der Waals surface area contributed by atoms with E-state index < -0.39 is 5.91 Å². The Kier molecular flexibility index (Phi) is 7.02. The highest BCUT2D eigenvalue weighted by atomic mass is 16.5. The number of amides is 1. The summed E-state index contributed by atoms with van der Waals surface area (Å²) in [6.45, 7) is 4.12. The molecule has 0 saturated heterocycles. The van der Waals surface area contributed by atoms with Gasteiger partial charge in [0.1, 0.15) is 23.2 Å². The van der Waals surface area contributed by atoms with Gasteiger partial charge in [0.15, 0.2) is 0 Å². The van der Waals surface area contributed by atoms with Crippen molar-refractivity contribution in [2.24, 2.45) is 0 Å². The van der Waals surface area contributed by atoms with Crippen molar-refractivity contribution in [2.75, 3.05) is 11.9 Å². The lowest BCUT2D eigenvalue weighted by atomic mass is 10.1. The van der Waals surface area contributed by atoms with Crippen molar-refractivity contribution in [3.05, 3.63) is 83.1 Å². The van der Waals surface area contributed by atoms with E-state index in [-0.39, 0.29) is 11.5 Å². The predicted molar refractivity (Wildman–Crippen MR) is 118 cm³/mol. The van der Waals surface area contributed by atoms with Gasteiger partial charge >= 0.3 is 5.97 Å². The summed E-state index contributed by atoms with van der Waals surface area (Å²) < 4.78 is 10.7. The first-order chi connectivity index (χ1) is 15.0. The van der Waals surface area contributed by atoms with Crippen LogP contribution in [0.1, 0.15) is 35.5 Å². The van der Waals surface area contributed by atoms with Crippen molar-refractivity contribution in [3.63, 3.8) is 0 Å². The molecule has 0 bridgehead atoms. The average Bonchev–Trinajstić information content (AvgIpc) is 3.27. The third-order valence-corrected chi connectivity index (χ3v) is 4.58. The molecule has 0 fully saturated rings. The van der Waals surface area contributed by atoms with Crippen LogP contribution in [0, 0.1) is 11.3 Å². The predicted octanol–water partition coefficient (Wildman–Crippen LogP) is 5.23. The van der Waals surface area contributed by atoms with Crippen molar-refractivity contribution >= 4 is 23.6 Å². The molecule has 0 aliphatic heterocycles. The first-order valence-corrected chi connectivity index (χ1v) is 9.93. The minimum absolute atomic E-state index is 0.0712. The van der Waals surface area contributed by atoms with E-state index >= 15 is 0 Å². The topological polar surface area (TPSA) is 92.3 Å². The fraction of sp³-hybridized carbons (Fsp3) is 0.160. The third-order valence-electron chi connectivity index (χ3n) is 4.58. The van der Waals surface area contributed by atoms with Gasteiger partial charge in [0.2, 0.25) is 0 Å². The number of carbonyl (C=O) groups is 2. The molecule has 3 rings (SSSR count). The van der Waals surface area contributed by atoms with Crippen LogP contribution in [-0.2, 0) is 16.0 Å². The van der Waals surface area contributed by atoms with Crippen molar-refractivity contribution in [1.82, 2.24) is 0 Å². The molecular formula is C25H22N2O4. The summed E-state index contributed by atoms with van der Waals surface area (Å²) in [6.07, 6.45) is 2.30. The molecule has 3 aromatic rings. The summed E-state index contributed by atoms with van der Waals surface area (Å²) in [5, 5.41) is 12.1. The van der Waals surface area contributed by atoms with Gasteiger partial charge in [-0.3, -0.25) is 4.79 Å². The number of nitrogens with one attached hydrogen (secondary N) is 1. The highest BCUT2D eigenvalue weighted by Crippen LogP contribution is 2.24. The molecule has 0 spiro atoms. The molecule has 0 saturated carbocycles. The van der Waals surface area contributed by atoms with Gasteiger partial charge in [0, 0.05) is 17.3 Å². The first kappa shape index (κ1) is 21.6. The van der Waals surface area contributed by atoms with Gasteiger partial charge in [-0.1, -0.05) is 31.2 Å². The Bertz CT molecular complexity index is 1130. The lowest BCUT2D eigenvalue weighted by molar-refractivity contribution is -0.112. The number of hydrogen-bond acceptors (Lipinski definition) is 5. The molecule has 0 unspecified atom stereocenters. The largest absolute Gasteiger partial charge is 0.462 e. The van der Waals surface area contributed by atoms with Crippen molar-refractivity contribution < 1.29 is 18.7 Å². The number of rotatable bonds is 7. The van der Waals surface area contributed by atoms with Gasteiger partial charge in [-0.05, 0) is 55.3 Å². The number of hydrogen-bond donors (Lipinski definition) is 1. The number of benzene rings is 2. The van der Waals surface area contributed by atoms with Crippen LogP contribution >= 0.6 is 0 Å². The van der Waals surface area contributed by atoms with E-state index in [0.29, 0.717) is 29.4 Å². The second-order valence-corrected chi connectivity index (χ2v) is 6.67. The van der Waals surface area contributed by atoms with E-state index in [2.05, 4.69) is 12.2 Å². The van der Waals surface area contributed by atoms with Crippen LogP contribution in [0.15, 0.2) is 70.7 Å². The Labute approximate surface area is 180 Å². The van der Waals surface area contributed by atoms with Crippen LogP contribution in [-0.4, -0.2) is 18.5 Å². The minimum atomic E-state index is -0.511. The molecule has 156 valence electrons. The first-order valence-electron chi connectivity index (χ1n) is 9.93. The molecule has 2 aromatic carbocycles. The van der Waals surface area contributed by atoms with Crippen molar-refractivity contribution in [2.45, 2.75) is 20.3 Å². The summed E-state index contributed by atoms with van der Waals surface area (Å²) >= 11 is 0. The number of anilines is 1. The zero-order valence-corrected chi connectivity index (χ0v) is 17.3. The maximum atomic E-state index is 12.4. The molecule has 6 heteroatoms. The van der Waals surface area contributed by atoms with Gasteiger partial charge in [-0.25, -0.2) is 4.79 Å². The quantitative estimate of drug-likeness (QED) is 0.325. The monoisotopic (exact) mass is 414 g/mol. The smallest absolute Gasteiger partial charge is 0.338 e. The molecule has 0 aliphatic carbocycles. The molecule has 1 heterocycles. The van der Waals surface area contributed by atoms with E-state index in [1.807, 2.05) is 18.2 Å². The van der Waals surface area contributed by atoms with Gasteiger partial charge in [0.25, 0.3) is 5.91 Å². The molecule has 1 amide bonds. The van der Waals surface area contributed by atoms with Gasteiger partial charge < -0.3 is 14.5 Å². The summed E-state index contributed by atoms with van der Waals surface area (Å²) in [7, 11) is 0. The molecule has 1 N–H and O–H groups in total. The molecule has 6 nitrogen and oxygen atoms in total. The molecule has 0 radical (unpaired) electrons. The van der Waals surface area contributed by atoms with E-state index in [0.717, 1.165) is 17.5 Å². The Balaban J connectivity index is 1.73. The highest BCUT2D eigenvalue weighted by molar-refractivity contribution is 6.09. The zero-order chi connectivity index (χ0) is 22.2. The van der Waals surface area contributed by atoms with Crippen LogP contribution in [0.2, 0.25) is 0 Å². The summed E-state index contributed by atoms with van der Waals surface area (Å²) in [5.41, 5.74) is 2.91. The van der Waals surface area contributed by atoms with E-state index in [4.69, 9.17) is 9.15 Å². The Hall–Kier alpha value is -4.11. The lowest BCUT2D eigenvalue weighted by Gasteiger charge is -2.05. The second kappa shape index (κ2) is 10.1. The van der Waals surface area contributed by atoms with Gasteiger partial charge in [0.05, 0.1) is 12.2 Å². The van der Waals surface area contributed by atoms with Crippen molar-refractivity contribution in [3.8, 4) is 17.4 Å². The number of aryl methyl sites for hydroxylation is 1. The van der Waals surface area contributed by atoms with E-state index in [9.17, 15) is 14.9 Å². The summed E-state index contributed by atoms with van der Waals surface area (Å²) in [4.78, 5) is 24.2. The number of nitriles is 1. The highest BCUT2D eigenvalue weighted by Gasteiger charge is 2.12. The second-order valence-electron chi connectivity index (χ2n) is 6.67. The van der Waals surface area contributed by atoms with E-state index in [1.165, 1.54) is 6.08 Å². The van der Waals surface area contributed by atoms with Crippen LogP contribution in [0.5, 0.6) is 0 Å². The average molecular weight is 414 g/mol.